The summed E-state index contributed by atoms with van der Waals surface area (Å²) in [7, 11) is 0. The molecule has 0 aliphatic rings. The molecule has 0 aliphatic carbocycles. The Balaban J connectivity index is 2.82. The zero-order valence-electron chi connectivity index (χ0n) is 7.75. The van der Waals surface area contributed by atoms with Crippen LogP contribution in [0.5, 0.6) is 0 Å². The van der Waals surface area contributed by atoms with Crippen molar-refractivity contribution in [1.29, 1.82) is 0 Å². The van der Waals surface area contributed by atoms with Gasteiger partial charge in [0.05, 0.1) is 5.69 Å². The molecule has 0 saturated heterocycles. The molecule has 0 atom stereocenters. The second-order valence-electron chi connectivity index (χ2n) is 2.78. The van der Waals surface area contributed by atoms with Gasteiger partial charge in [0.15, 0.2) is 0 Å². The maximum atomic E-state index is 4.30. The fourth-order valence-corrected chi connectivity index (χ4v) is 1.24. The average molecular weight is 161 g/mol. The zero-order chi connectivity index (χ0) is 8.81. The van der Waals surface area contributed by atoms with Gasteiger partial charge in [-0.2, -0.15) is 0 Å². The van der Waals surface area contributed by atoms with E-state index in [0.29, 0.717) is 0 Å². The first-order chi connectivity index (χ1) is 5.88. The SMILES string of the molecule is C/C=C(\CCC)c1ccccn1. The molecular weight excluding hydrogens is 146 g/mol. The molecule has 0 spiro atoms. The second-order valence-corrected chi connectivity index (χ2v) is 2.78. The minimum atomic E-state index is 1.11. The highest BCUT2D eigenvalue weighted by Crippen LogP contribution is 2.16. The highest BCUT2D eigenvalue weighted by atomic mass is 14.7. The molecule has 0 bridgehead atoms. The van der Waals surface area contributed by atoms with Crippen LogP contribution in [0.25, 0.3) is 5.57 Å². The van der Waals surface area contributed by atoms with Crippen molar-refractivity contribution in [1.82, 2.24) is 4.98 Å². The maximum Gasteiger partial charge on any atom is 0.0658 e. The van der Waals surface area contributed by atoms with E-state index in [1.807, 2.05) is 18.3 Å². The highest BCUT2D eigenvalue weighted by Gasteiger charge is 1.98. The fraction of sp³-hybridized carbons (Fsp3) is 0.364. The van der Waals surface area contributed by atoms with Gasteiger partial charge in [0.1, 0.15) is 0 Å². The third-order valence-corrected chi connectivity index (χ3v) is 1.86. The van der Waals surface area contributed by atoms with E-state index in [4.69, 9.17) is 0 Å². The second kappa shape index (κ2) is 4.70. The van der Waals surface area contributed by atoms with Crippen molar-refractivity contribution in [3.8, 4) is 0 Å². The molecule has 0 aliphatic heterocycles. The van der Waals surface area contributed by atoms with Crippen LogP contribution in [0.4, 0.5) is 0 Å². The van der Waals surface area contributed by atoms with E-state index in [1.54, 1.807) is 0 Å². The van der Waals surface area contributed by atoms with Gasteiger partial charge in [0.2, 0.25) is 0 Å². The van der Waals surface area contributed by atoms with E-state index in [1.165, 1.54) is 12.0 Å². The molecule has 0 N–H and O–H groups in total. The standard InChI is InChI=1S/C11H15N/c1-3-7-10(4-2)11-8-5-6-9-12-11/h4-6,8-9H,3,7H2,1-2H3/b10-4+. The molecule has 12 heavy (non-hydrogen) atoms. The van der Waals surface area contributed by atoms with Crippen LogP contribution in [0, 0.1) is 0 Å². The summed E-state index contributed by atoms with van der Waals surface area (Å²) in [5, 5.41) is 0. The number of hydrogen-bond donors (Lipinski definition) is 0. The van der Waals surface area contributed by atoms with Crippen molar-refractivity contribution in [2.75, 3.05) is 0 Å². The molecule has 64 valence electrons. The number of nitrogens with zero attached hydrogens (tertiary/aromatic N) is 1. The predicted octanol–water partition coefficient (Wildman–Crippen LogP) is 3.29. The molecule has 0 radical (unpaired) electrons. The molecule has 1 heterocycles. The Morgan fingerprint density at radius 3 is 2.83 bits per heavy atom. The van der Waals surface area contributed by atoms with Gasteiger partial charge in [0, 0.05) is 6.20 Å². The van der Waals surface area contributed by atoms with E-state index in [9.17, 15) is 0 Å². The van der Waals surface area contributed by atoms with Crippen molar-refractivity contribution in [2.24, 2.45) is 0 Å². The summed E-state index contributed by atoms with van der Waals surface area (Å²) in [5.41, 5.74) is 2.46. The Bertz CT molecular complexity index is 249. The largest absolute Gasteiger partial charge is 0.257 e. The Morgan fingerprint density at radius 1 is 1.50 bits per heavy atom. The maximum absolute atomic E-state index is 4.30. The normalized spacial score (nSPS) is 11.7. The molecule has 0 saturated carbocycles. The molecule has 1 aromatic rings. The number of aromatic nitrogens is 1. The third kappa shape index (κ3) is 2.19. The van der Waals surface area contributed by atoms with Gasteiger partial charge in [-0.25, -0.2) is 0 Å². The minimum Gasteiger partial charge on any atom is -0.257 e. The first kappa shape index (κ1) is 8.98. The van der Waals surface area contributed by atoms with Crippen molar-refractivity contribution >= 4 is 5.57 Å². The van der Waals surface area contributed by atoms with Crippen LogP contribution in [0.15, 0.2) is 30.5 Å². The predicted molar refractivity (Wildman–Crippen MR) is 52.8 cm³/mol. The first-order valence-corrected chi connectivity index (χ1v) is 4.45. The van der Waals surface area contributed by atoms with Crippen LogP contribution in [-0.2, 0) is 0 Å². The summed E-state index contributed by atoms with van der Waals surface area (Å²) in [6.07, 6.45) is 6.28. The first-order valence-electron chi connectivity index (χ1n) is 4.45. The van der Waals surface area contributed by atoms with Gasteiger partial charge in [-0.15, -0.1) is 0 Å². The molecule has 0 fully saturated rings. The molecule has 1 nitrogen and oxygen atoms in total. The van der Waals surface area contributed by atoms with Crippen molar-refractivity contribution in [3.63, 3.8) is 0 Å². The number of hydrogen-bond acceptors (Lipinski definition) is 1. The fourth-order valence-electron chi connectivity index (χ4n) is 1.24. The average Bonchev–Trinajstić information content (AvgIpc) is 2.15. The lowest BCUT2D eigenvalue weighted by Gasteiger charge is -2.02. The van der Waals surface area contributed by atoms with E-state index in [-0.39, 0.29) is 0 Å². The quantitative estimate of drug-likeness (QED) is 0.663. The van der Waals surface area contributed by atoms with Gasteiger partial charge < -0.3 is 0 Å². The van der Waals surface area contributed by atoms with Crippen LogP contribution in [0.2, 0.25) is 0 Å². The van der Waals surface area contributed by atoms with E-state index < -0.39 is 0 Å². The Hall–Kier alpha value is -1.11. The number of rotatable bonds is 3. The third-order valence-electron chi connectivity index (χ3n) is 1.86. The van der Waals surface area contributed by atoms with Crippen molar-refractivity contribution in [3.05, 3.63) is 36.2 Å². The Labute approximate surface area is 74.2 Å². The molecule has 0 amide bonds. The van der Waals surface area contributed by atoms with E-state index in [2.05, 4.69) is 31.0 Å². The van der Waals surface area contributed by atoms with Crippen LogP contribution in [0.3, 0.4) is 0 Å². The van der Waals surface area contributed by atoms with Gasteiger partial charge in [-0.1, -0.05) is 25.5 Å². The summed E-state index contributed by atoms with van der Waals surface area (Å²) >= 11 is 0. The summed E-state index contributed by atoms with van der Waals surface area (Å²) in [6.45, 7) is 4.26. The lowest BCUT2D eigenvalue weighted by atomic mass is 10.1. The topological polar surface area (TPSA) is 12.9 Å². The highest BCUT2D eigenvalue weighted by molar-refractivity contribution is 5.61. The molecule has 0 aromatic carbocycles. The molecule has 0 unspecified atom stereocenters. The van der Waals surface area contributed by atoms with Gasteiger partial charge in [-0.05, 0) is 31.1 Å². The lowest BCUT2D eigenvalue weighted by molar-refractivity contribution is 0.964. The molecule has 1 heteroatoms. The van der Waals surface area contributed by atoms with Crippen LogP contribution in [-0.4, -0.2) is 4.98 Å². The summed E-state index contributed by atoms with van der Waals surface area (Å²) < 4.78 is 0. The van der Waals surface area contributed by atoms with Crippen LogP contribution in [0.1, 0.15) is 32.4 Å². The Kier molecular flexibility index (Phi) is 3.52. The number of allylic oxidation sites excluding steroid dienone is 2. The van der Waals surface area contributed by atoms with Crippen molar-refractivity contribution < 1.29 is 0 Å². The van der Waals surface area contributed by atoms with Gasteiger partial charge in [0.25, 0.3) is 0 Å². The number of pyridine rings is 1. The molecule has 1 rings (SSSR count). The van der Waals surface area contributed by atoms with Crippen LogP contribution >= 0.6 is 0 Å². The summed E-state index contributed by atoms with van der Waals surface area (Å²) in [5.74, 6) is 0. The van der Waals surface area contributed by atoms with Crippen molar-refractivity contribution in [2.45, 2.75) is 26.7 Å². The molecular formula is C11H15N. The smallest absolute Gasteiger partial charge is 0.0658 e. The van der Waals surface area contributed by atoms with Gasteiger partial charge in [-0.3, -0.25) is 4.98 Å². The Morgan fingerprint density at radius 2 is 2.33 bits per heavy atom. The summed E-state index contributed by atoms with van der Waals surface area (Å²) in [4.78, 5) is 4.30. The minimum absolute atomic E-state index is 1.11. The molecule has 1 aromatic heterocycles. The summed E-state index contributed by atoms with van der Waals surface area (Å²) in [6, 6.07) is 6.04. The zero-order valence-corrected chi connectivity index (χ0v) is 7.75. The van der Waals surface area contributed by atoms with Crippen LogP contribution < -0.4 is 0 Å². The van der Waals surface area contributed by atoms with E-state index >= 15 is 0 Å². The lowest BCUT2D eigenvalue weighted by Crippen LogP contribution is -1.87. The monoisotopic (exact) mass is 161 g/mol. The van der Waals surface area contributed by atoms with E-state index in [0.717, 1.165) is 12.1 Å². The van der Waals surface area contributed by atoms with Gasteiger partial charge >= 0.3 is 0 Å².